The minimum atomic E-state index is -1.80. The number of esters is 3. The number of hydrogen-bond acceptors (Lipinski definition) is 14. The van der Waals surface area contributed by atoms with Gasteiger partial charge in [-0.15, -0.1) is 0 Å². The van der Waals surface area contributed by atoms with Crippen molar-refractivity contribution >= 4 is 24.0 Å². The third-order valence-corrected chi connectivity index (χ3v) is 11.6. The molecule has 0 aromatic rings. The summed E-state index contributed by atoms with van der Waals surface area (Å²) in [6.07, 6.45) is -7.00. The van der Waals surface area contributed by atoms with Crippen molar-refractivity contribution in [2.75, 3.05) is 13.2 Å². The van der Waals surface area contributed by atoms with Gasteiger partial charge in [-0.3, -0.25) is 9.59 Å². The van der Waals surface area contributed by atoms with Gasteiger partial charge in [0.2, 0.25) is 0 Å². The van der Waals surface area contributed by atoms with Crippen LogP contribution in [0.4, 0.5) is 4.79 Å². The van der Waals surface area contributed by atoms with Crippen molar-refractivity contribution in [2.45, 2.75) is 168 Å². The largest absolute Gasteiger partial charge is 0.463 e. The molecule has 3 aliphatic carbocycles. The van der Waals surface area contributed by atoms with Crippen molar-refractivity contribution in [2.24, 2.45) is 22.7 Å². The number of aliphatic hydroxyl groups excluding tert-OH is 2. The van der Waals surface area contributed by atoms with Crippen LogP contribution in [0.1, 0.15) is 102 Å². The molecule has 0 spiro atoms. The predicted molar refractivity (Wildman–Crippen MR) is 197 cm³/mol. The highest BCUT2D eigenvalue weighted by Gasteiger charge is 2.72. The second kappa shape index (κ2) is 16.8. The third kappa shape index (κ3) is 9.23. The zero-order valence-electron chi connectivity index (χ0n) is 34.2. The Balaban J connectivity index is 1.80. The monoisotopic (exact) mass is 781 g/mol. The lowest BCUT2D eigenvalue weighted by atomic mass is 9.55. The standard InChI is InChI=1S/C40H63NO14/c1-13-29-53-28-18-24(50-15-14-49-22(5)42)17-25-33(45)40(38(10,11)48)19-27(21(4)30(40)32(51-23(6)43)34(54-29)39(25,28)12)52-35(46)31(44)26(16-20(2)3)41-36(47)55-37(7,8)9/h13,20,24-29,31-34,44-45,48H,1,14-19H2,2-12H3,(H,41,47)/t24-,25-,26?,27-,28-,29?,31+,32-,33-,34-,39-,40-/m0/s1. The zero-order chi connectivity index (χ0) is 41.4. The highest BCUT2D eigenvalue weighted by Crippen LogP contribution is 2.65. The van der Waals surface area contributed by atoms with Gasteiger partial charge < -0.3 is 53.8 Å². The summed E-state index contributed by atoms with van der Waals surface area (Å²) in [6.45, 7) is 22.1. The second-order valence-corrected chi connectivity index (χ2v) is 17.6. The molecule has 15 nitrogen and oxygen atoms in total. The van der Waals surface area contributed by atoms with Gasteiger partial charge in [0.05, 0.1) is 42.0 Å². The van der Waals surface area contributed by atoms with E-state index in [-0.39, 0.29) is 38.4 Å². The fourth-order valence-electron chi connectivity index (χ4n) is 9.27. The number of alkyl carbamates (subject to hydrolysis) is 1. The summed E-state index contributed by atoms with van der Waals surface area (Å²) >= 11 is 0. The molecule has 4 aliphatic rings. The lowest BCUT2D eigenvalue weighted by Gasteiger charge is -2.58. The van der Waals surface area contributed by atoms with Gasteiger partial charge in [0.1, 0.15) is 24.4 Å². The molecule has 12 atom stereocenters. The van der Waals surface area contributed by atoms with Gasteiger partial charge in [0.15, 0.2) is 18.5 Å². The van der Waals surface area contributed by atoms with Gasteiger partial charge in [0, 0.05) is 32.1 Å². The molecule has 55 heavy (non-hydrogen) atoms. The van der Waals surface area contributed by atoms with Crippen LogP contribution in [0.15, 0.2) is 23.8 Å². The molecule has 15 heteroatoms. The SMILES string of the molecule is C=CC1O[C@H]2C[C@@H](OCCOC(C)=O)C[C@H]3[C@H](O)[C@]4(C(C)(C)O)C[C@H](OC(=O)[C@H](O)C(CC(C)C)NC(=O)OC(C)(C)C)C(C)=C4[C@H](OC(C)=O)[C@H](O1)[C@]23C. The Hall–Kier alpha value is -3.08. The molecule has 0 radical (unpaired) electrons. The number of fused-ring (bicyclic) bond motifs is 1. The lowest BCUT2D eigenvalue weighted by Crippen LogP contribution is -2.65. The topological polar surface area (TPSA) is 206 Å². The fourth-order valence-corrected chi connectivity index (χ4v) is 9.27. The molecule has 0 aromatic carbocycles. The third-order valence-electron chi connectivity index (χ3n) is 11.6. The second-order valence-electron chi connectivity index (χ2n) is 17.6. The van der Waals surface area contributed by atoms with Gasteiger partial charge in [-0.25, -0.2) is 9.59 Å². The van der Waals surface area contributed by atoms with E-state index < -0.39 is 107 Å². The smallest absolute Gasteiger partial charge is 0.407 e. The molecule has 0 aromatic heterocycles. The first-order valence-electron chi connectivity index (χ1n) is 19.2. The van der Waals surface area contributed by atoms with Gasteiger partial charge in [-0.05, 0) is 83.4 Å². The first-order chi connectivity index (χ1) is 25.4. The zero-order valence-corrected chi connectivity index (χ0v) is 34.2. The van der Waals surface area contributed by atoms with Crippen LogP contribution >= 0.6 is 0 Å². The van der Waals surface area contributed by atoms with E-state index in [4.69, 9.17) is 33.2 Å². The highest BCUT2D eigenvalue weighted by molar-refractivity contribution is 5.77. The lowest BCUT2D eigenvalue weighted by molar-refractivity contribution is -0.327. The van der Waals surface area contributed by atoms with Crippen LogP contribution in [-0.4, -0.2) is 119 Å². The summed E-state index contributed by atoms with van der Waals surface area (Å²) in [6, 6.07) is -1.06. The molecule has 0 bridgehead atoms. The van der Waals surface area contributed by atoms with Crippen molar-refractivity contribution in [3.8, 4) is 0 Å². The minimum absolute atomic E-state index is 0.0291. The van der Waals surface area contributed by atoms with Crippen LogP contribution in [0.2, 0.25) is 0 Å². The first-order valence-corrected chi connectivity index (χ1v) is 19.2. The number of amides is 1. The van der Waals surface area contributed by atoms with E-state index in [0.717, 1.165) is 0 Å². The quantitative estimate of drug-likeness (QED) is 0.0912. The van der Waals surface area contributed by atoms with E-state index in [9.17, 15) is 34.5 Å². The van der Waals surface area contributed by atoms with E-state index in [1.54, 1.807) is 41.5 Å². The molecule has 2 saturated carbocycles. The Kier molecular flexibility index (Phi) is 13.6. The van der Waals surface area contributed by atoms with Crippen molar-refractivity contribution in [3.05, 3.63) is 23.8 Å². The molecule has 1 aliphatic heterocycles. The highest BCUT2D eigenvalue weighted by atomic mass is 16.7. The Morgan fingerprint density at radius 3 is 2.24 bits per heavy atom. The van der Waals surface area contributed by atoms with Gasteiger partial charge in [-0.1, -0.05) is 27.4 Å². The number of hydrogen-bond donors (Lipinski definition) is 4. The summed E-state index contributed by atoms with van der Waals surface area (Å²) < 4.78 is 41.8. The van der Waals surface area contributed by atoms with E-state index in [2.05, 4.69) is 11.9 Å². The van der Waals surface area contributed by atoms with Crippen molar-refractivity contribution < 1.29 is 67.7 Å². The Morgan fingerprint density at radius 2 is 1.69 bits per heavy atom. The first kappa shape index (κ1) is 44.6. The van der Waals surface area contributed by atoms with Crippen molar-refractivity contribution in [1.29, 1.82) is 0 Å². The van der Waals surface area contributed by atoms with Crippen LogP contribution in [-0.2, 0) is 47.5 Å². The van der Waals surface area contributed by atoms with E-state index in [0.29, 0.717) is 17.6 Å². The van der Waals surface area contributed by atoms with E-state index in [1.807, 2.05) is 20.8 Å². The van der Waals surface area contributed by atoms with Gasteiger partial charge in [-0.2, -0.15) is 0 Å². The maximum atomic E-state index is 13.8. The fraction of sp³-hybridized carbons (Fsp3) is 0.800. The molecule has 1 saturated heterocycles. The van der Waals surface area contributed by atoms with E-state index >= 15 is 0 Å². The molecule has 312 valence electrons. The Labute approximate surface area is 324 Å². The molecular weight excluding hydrogens is 718 g/mol. The molecule has 4 rings (SSSR count). The van der Waals surface area contributed by atoms with Crippen LogP contribution in [0.3, 0.4) is 0 Å². The number of ether oxygens (including phenoxy) is 7. The summed E-state index contributed by atoms with van der Waals surface area (Å²) in [5, 5.41) is 39.1. The van der Waals surface area contributed by atoms with E-state index in [1.165, 1.54) is 19.9 Å². The molecule has 2 unspecified atom stereocenters. The van der Waals surface area contributed by atoms with Crippen LogP contribution in [0.5, 0.6) is 0 Å². The van der Waals surface area contributed by atoms with Gasteiger partial charge in [0.25, 0.3) is 0 Å². The Morgan fingerprint density at radius 1 is 1.04 bits per heavy atom. The number of aliphatic hydroxyl groups is 3. The summed E-state index contributed by atoms with van der Waals surface area (Å²) in [7, 11) is 0. The average Bonchev–Trinajstić information content (AvgIpc) is 3.32. The molecule has 1 amide bonds. The van der Waals surface area contributed by atoms with Crippen LogP contribution in [0, 0.1) is 22.7 Å². The van der Waals surface area contributed by atoms with Crippen molar-refractivity contribution in [1.82, 2.24) is 5.32 Å². The number of carbonyl (C=O) groups excluding carboxylic acids is 4. The molecule has 3 fully saturated rings. The number of rotatable bonds is 13. The molecular formula is C40H63NO14. The Bertz CT molecular complexity index is 1480. The normalized spacial score (nSPS) is 34.4. The summed E-state index contributed by atoms with van der Waals surface area (Å²) in [5.74, 6) is -2.87. The maximum absolute atomic E-state index is 13.8. The summed E-state index contributed by atoms with van der Waals surface area (Å²) in [4.78, 5) is 50.9. The van der Waals surface area contributed by atoms with Gasteiger partial charge >= 0.3 is 24.0 Å². The summed E-state index contributed by atoms with van der Waals surface area (Å²) in [5.41, 5.74) is -4.40. The maximum Gasteiger partial charge on any atom is 0.407 e. The average molecular weight is 782 g/mol. The minimum Gasteiger partial charge on any atom is -0.463 e. The molecule has 4 N–H and O–H groups in total. The number of nitrogens with one attached hydrogen (secondary N) is 1. The number of carbonyl (C=O) groups is 4. The van der Waals surface area contributed by atoms with Crippen LogP contribution < -0.4 is 5.32 Å². The van der Waals surface area contributed by atoms with Crippen LogP contribution in [0.25, 0.3) is 0 Å². The predicted octanol–water partition coefficient (Wildman–Crippen LogP) is 3.64. The molecule has 1 heterocycles. The van der Waals surface area contributed by atoms with Crippen molar-refractivity contribution in [3.63, 3.8) is 0 Å².